The second-order valence-electron chi connectivity index (χ2n) is 5.71. The predicted molar refractivity (Wildman–Crippen MR) is 75.9 cm³/mol. The number of aromatic nitrogens is 2. The zero-order valence-corrected chi connectivity index (χ0v) is 11.9. The first-order valence-corrected chi connectivity index (χ1v) is 7.75. The molecule has 1 saturated carbocycles. The molecule has 1 N–H and O–H groups in total. The van der Waals surface area contributed by atoms with Gasteiger partial charge in [-0.25, -0.2) is 4.98 Å². The largest absolute Gasteiger partial charge is 0.308 e. The van der Waals surface area contributed by atoms with E-state index >= 15 is 0 Å². The maximum Gasteiger partial charge on any atom is 0.193 e. The first-order chi connectivity index (χ1) is 8.72. The molecular weight excluding hydrogens is 242 g/mol. The Morgan fingerprint density at radius 1 is 1.44 bits per heavy atom. The number of nitrogens with one attached hydrogen (secondary N) is 1. The van der Waals surface area contributed by atoms with E-state index in [0.29, 0.717) is 6.04 Å². The molecule has 2 aromatic rings. The fraction of sp³-hybridized carbons (Fsp3) is 0.643. The smallest absolute Gasteiger partial charge is 0.193 e. The van der Waals surface area contributed by atoms with E-state index in [9.17, 15) is 0 Å². The van der Waals surface area contributed by atoms with Gasteiger partial charge in [0, 0.05) is 30.4 Å². The molecule has 3 rings (SSSR count). The molecular formula is C14H21N3S. The Hall–Kier alpha value is -0.870. The zero-order chi connectivity index (χ0) is 12.5. The van der Waals surface area contributed by atoms with Crippen molar-refractivity contribution in [1.29, 1.82) is 0 Å². The summed E-state index contributed by atoms with van der Waals surface area (Å²) in [5.74, 6) is 1.69. The molecule has 18 heavy (non-hydrogen) atoms. The molecule has 0 aliphatic heterocycles. The van der Waals surface area contributed by atoms with E-state index in [2.05, 4.69) is 46.3 Å². The summed E-state index contributed by atoms with van der Waals surface area (Å²) in [5, 5.41) is 5.76. The van der Waals surface area contributed by atoms with Gasteiger partial charge in [-0.15, -0.1) is 11.3 Å². The van der Waals surface area contributed by atoms with Crippen LogP contribution < -0.4 is 5.32 Å². The minimum absolute atomic E-state index is 0.668. The van der Waals surface area contributed by atoms with Gasteiger partial charge in [-0.05, 0) is 31.1 Å². The molecule has 3 nitrogen and oxygen atoms in total. The summed E-state index contributed by atoms with van der Waals surface area (Å²) in [6, 6.07) is 0.668. The van der Waals surface area contributed by atoms with Crippen molar-refractivity contribution in [2.45, 2.75) is 45.7 Å². The minimum atomic E-state index is 0.668. The normalized spacial score (nSPS) is 28.9. The molecule has 3 unspecified atom stereocenters. The predicted octanol–water partition coefficient (Wildman–Crippen LogP) is 3.31. The van der Waals surface area contributed by atoms with Gasteiger partial charge in [0.25, 0.3) is 0 Å². The van der Waals surface area contributed by atoms with Gasteiger partial charge < -0.3 is 5.32 Å². The second-order valence-corrected chi connectivity index (χ2v) is 6.58. The molecule has 0 saturated heterocycles. The molecule has 3 atom stereocenters. The van der Waals surface area contributed by atoms with E-state index in [0.717, 1.165) is 29.0 Å². The highest BCUT2D eigenvalue weighted by Crippen LogP contribution is 2.28. The van der Waals surface area contributed by atoms with Crippen LogP contribution in [0.3, 0.4) is 0 Å². The molecule has 98 valence electrons. The Bertz CT molecular complexity index is 487. The summed E-state index contributed by atoms with van der Waals surface area (Å²) in [6.07, 6.45) is 8.23. The van der Waals surface area contributed by atoms with Gasteiger partial charge in [-0.1, -0.05) is 13.8 Å². The van der Waals surface area contributed by atoms with Crippen LogP contribution in [-0.4, -0.2) is 15.4 Å². The zero-order valence-electron chi connectivity index (χ0n) is 11.1. The standard InChI is InChI=1S/C14H21N3S/c1-10-3-4-13(11(2)7-10)15-8-12-9-17-5-6-18-14(17)16-12/h5-6,9-11,13,15H,3-4,7-8H2,1-2H3. The van der Waals surface area contributed by atoms with Gasteiger partial charge in [0.2, 0.25) is 0 Å². The maximum absolute atomic E-state index is 4.62. The fourth-order valence-electron chi connectivity index (χ4n) is 3.07. The van der Waals surface area contributed by atoms with Crippen LogP contribution in [0.2, 0.25) is 0 Å². The topological polar surface area (TPSA) is 29.3 Å². The number of hydrogen-bond donors (Lipinski definition) is 1. The first-order valence-electron chi connectivity index (χ1n) is 6.87. The van der Waals surface area contributed by atoms with Gasteiger partial charge >= 0.3 is 0 Å². The number of fused-ring (bicyclic) bond motifs is 1. The maximum atomic E-state index is 4.62. The van der Waals surface area contributed by atoms with Crippen molar-refractivity contribution in [3.05, 3.63) is 23.5 Å². The number of nitrogens with zero attached hydrogens (tertiary/aromatic N) is 2. The summed E-state index contributed by atoms with van der Waals surface area (Å²) in [7, 11) is 0. The lowest BCUT2D eigenvalue weighted by Crippen LogP contribution is -2.38. The van der Waals surface area contributed by atoms with Crippen LogP contribution in [0, 0.1) is 11.8 Å². The van der Waals surface area contributed by atoms with Crippen LogP contribution >= 0.6 is 11.3 Å². The third-order valence-corrected chi connectivity index (χ3v) is 4.89. The van der Waals surface area contributed by atoms with Gasteiger partial charge in [0.05, 0.1) is 5.69 Å². The highest BCUT2D eigenvalue weighted by atomic mass is 32.1. The summed E-state index contributed by atoms with van der Waals surface area (Å²) >= 11 is 1.69. The molecule has 0 amide bonds. The highest BCUT2D eigenvalue weighted by Gasteiger charge is 2.24. The summed E-state index contributed by atoms with van der Waals surface area (Å²) in [4.78, 5) is 5.71. The van der Waals surface area contributed by atoms with Crippen molar-refractivity contribution in [2.75, 3.05) is 0 Å². The molecule has 0 radical (unpaired) electrons. The molecule has 4 heteroatoms. The molecule has 1 aliphatic rings. The Morgan fingerprint density at radius 3 is 3.11 bits per heavy atom. The average Bonchev–Trinajstić information content (AvgIpc) is 2.88. The molecule has 1 aliphatic carbocycles. The summed E-state index contributed by atoms with van der Waals surface area (Å²) in [6.45, 7) is 5.65. The third kappa shape index (κ3) is 2.45. The average molecular weight is 263 g/mol. The minimum Gasteiger partial charge on any atom is -0.308 e. The second kappa shape index (κ2) is 5.02. The lowest BCUT2D eigenvalue weighted by atomic mass is 9.80. The SMILES string of the molecule is CC1CCC(NCc2cn3ccsc3n2)C(C)C1. The van der Waals surface area contributed by atoms with Crippen molar-refractivity contribution in [2.24, 2.45) is 11.8 Å². The summed E-state index contributed by atoms with van der Waals surface area (Å²) < 4.78 is 2.11. The van der Waals surface area contributed by atoms with Crippen molar-refractivity contribution < 1.29 is 0 Å². The van der Waals surface area contributed by atoms with Gasteiger partial charge in [-0.2, -0.15) is 0 Å². The van der Waals surface area contributed by atoms with Gasteiger partial charge in [-0.3, -0.25) is 4.40 Å². The third-order valence-electron chi connectivity index (χ3n) is 4.12. The Balaban J connectivity index is 1.59. The van der Waals surface area contributed by atoms with E-state index in [1.807, 2.05) is 0 Å². The molecule has 2 heterocycles. The Morgan fingerprint density at radius 2 is 2.33 bits per heavy atom. The van der Waals surface area contributed by atoms with Crippen molar-refractivity contribution in [3.63, 3.8) is 0 Å². The molecule has 0 aromatic carbocycles. The molecule has 0 bridgehead atoms. The number of rotatable bonds is 3. The lowest BCUT2D eigenvalue weighted by Gasteiger charge is -2.33. The number of thiazole rings is 1. The molecule has 2 aromatic heterocycles. The number of imidazole rings is 1. The van der Waals surface area contributed by atoms with Crippen LogP contribution in [0.5, 0.6) is 0 Å². The lowest BCUT2D eigenvalue weighted by molar-refractivity contribution is 0.227. The monoisotopic (exact) mass is 263 g/mol. The summed E-state index contributed by atoms with van der Waals surface area (Å²) in [5.41, 5.74) is 1.16. The van der Waals surface area contributed by atoms with Crippen molar-refractivity contribution in [3.8, 4) is 0 Å². The molecule has 0 spiro atoms. The van der Waals surface area contributed by atoms with E-state index in [-0.39, 0.29) is 0 Å². The van der Waals surface area contributed by atoms with Crippen LogP contribution in [0.15, 0.2) is 17.8 Å². The highest BCUT2D eigenvalue weighted by molar-refractivity contribution is 7.15. The van der Waals surface area contributed by atoms with E-state index < -0.39 is 0 Å². The Labute approximate surface area is 112 Å². The number of hydrogen-bond acceptors (Lipinski definition) is 3. The van der Waals surface area contributed by atoms with Gasteiger partial charge in [0.15, 0.2) is 4.96 Å². The fourth-order valence-corrected chi connectivity index (χ4v) is 3.78. The van der Waals surface area contributed by atoms with E-state index in [1.165, 1.54) is 19.3 Å². The van der Waals surface area contributed by atoms with Crippen LogP contribution in [0.4, 0.5) is 0 Å². The van der Waals surface area contributed by atoms with Crippen LogP contribution in [-0.2, 0) is 6.54 Å². The quantitative estimate of drug-likeness (QED) is 0.920. The van der Waals surface area contributed by atoms with Crippen molar-refractivity contribution in [1.82, 2.24) is 14.7 Å². The van der Waals surface area contributed by atoms with Crippen LogP contribution in [0.25, 0.3) is 4.96 Å². The Kier molecular flexibility index (Phi) is 3.39. The van der Waals surface area contributed by atoms with E-state index in [1.54, 1.807) is 11.3 Å². The van der Waals surface area contributed by atoms with Gasteiger partial charge in [0.1, 0.15) is 0 Å². The van der Waals surface area contributed by atoms with Crippen molar-refractivity contribution >= 4 is 16.3 Å². The van der Waals surface area contributed by atoms with E-state index in [4.69, 9.17) is 0 Å². The first kappa shape index (κ1) is 12.2. The molecule has 1 fully saturated rings. The van der Waals surface area contributed by atoms with Crippen LogP contribution in [0.1, 0.15) is 38.8 Å².